The molecule has 0 spiro atoms. The largest absolute Gasteiger partial charge is 0.352 e. The summed E-state index contributed by atoms with van der Waals surface area (Å²) in [5.74, 6) is -0.354. The Balaban J connectivity index is 1.84. The fourth-order valence-corrected chi connectivity index (χ4v) is 5.23. The number of rotatable bonds is 9. The first-order valence-corrected chi connectivity index (χ1v) is 11.8. The molecule has 0 aliphatic carbocycles. The Morgan fingerprint density at radius 1 is 1.10 bits per heavy atom. The summed E-state index contributed by atoms with van der Waals surface area (Å²) in [6, 6.07) is 5.78. The van der Waals surface area contributed by atoms with Crippen molar-refractivity contribution in [2.24, 2.45) is 0 Å². The molecule has 1 aliphatic heterocycles. The number of carbonyl (C=O) groups is 1. The lowest BCUT2D eigenvalue weighted by Gasteiger charge is -2.16. The van der Waals surface area contributed by atoms with E-state index in [0.717, 1.165) is 38.5 Å². The maximum Gasteiger partial charge on any atom is 0.252 e. The minimum absolute atomic E-state index is 0.146. The van der Waals surface area contributed by atoms with E-state index in [1.807, 2.05) is 0 Å². The van der Waals surface area contributed by atoms with Gasteiger partial charge in [0.05, 0.1) is 10.5 Å². The van der Waals surface area contributed by atoms with E-state index in [2.05, 4.69) is 17.2 Å². The molecule has 0 atom stereocenters. The van der Waals surface area contributed by atoms with Gasteiger partial charge in [-0.15, -0.1) is 0 Å². The number of hydrogen-bond acceptors (Lipinski definition) is 4. The monoisotopic (exact) mass is 419 g/mol. The molecule has 29 heavy (non-hydrogen) atoms. The highest BCUT2D eigenvalue weighted by Gasteiger charge is 2.27. The lowest BCUT2D eigenvalue weighted by Crippen LogP contribution is -2.28. The molecule has 2 N–H and O–H groups in total. The smallest absolute Gasteiger partial charge is 0.252 e. The van der Waals surface area contributed by atoms with E-state index < -0.39 is 10.0 Å². The first-order valence-electron chi connectivity index (χ1n) is 10.4. The Morgan fingerprint density at radius 2 is 1.83 bits per heavy atom. The minimum Gasteiger partial charge on any atom is -0.352 e. The van der Waals surface area contributed by atoms with Crippen LogP contribution in [0.3, 0.4) is 0 Å². The highest BCUT2D eigenvalue weighted by Crippen LogP contribution is 2.25. The molecule has 158 valence electrons. The SMILES string of the molecule is CCCCCCCNC(=O)c1cc(=O)[nH]c2ccc(S(=O)(=O)N3CCCC3)cc12. The van der Waals surface area contributed by atoms with Crippen LogP contribution in [0, 0.1) is 0 Å². The van der Waals surface area contributed by atoms with Gasteiger partial charge < -0.3 is 10.3 Å². The molecular weight excluding hydrogens is 390 g/mol. The van der Waals surface area contributed by atoms with E-state index in [1.165, 1.54) is 28.9 Å². The van der Waals surface area contributed by atoms with Gasteiger partial charge >= 0.3 is 0 Å². The molecule has 2 heterocycles. The second kappa shape index (κ2) is 9.54. The lowest BCUT2D eigenvalue weighted by molar-refractivity contribution is 0.0954. The predicted octanol–water partition coefficient (Wildman–Crippen LogP) is 3.01. The number of hydrogen-bond donors (Lipinski definition) is 2. The van der Waals surface area contributed by atoms with Crippen molar-refractivity contribution in [2.75, 3.05) is 19.6 Å². The van der Waals surface area contributed by atoms with Crippen LogP contribution >= 0.6 is 0 Å². The third-order valence-electron chi connectivity index (χ3n) is 5.33. The van der Waals surface area contributed by atoms with Crippen molar-refractivity contribution in [3.8, 4) is 0 Å². The van der Waals surface area contributed by atoms with Crippen molar-refractivity contribution in [3.63, 3.8) is 0 Å². The molecule has 1 saturated heterocycles. The van der Waals surface area contributed by atoms with Crippen molar-refractivity contribution >= 4 is 26.8 Å². The number of fused-ring (bicyclic) bond motifs is 1. The number of amides is 1. The summed E-state index contributed by atoms with van der Waals surface area (Å²) >= 11 is 0. The van der Waals surface area contributed by atoms with Crippen molar-refractivity contribution in [2.45, 2.75) is 56.8 Å². The van der Waals surface area contributed by atoms with Gasteiger partial charge in [0.25, 0.3) is 5.91 Å². The summed E-state index contributed by atoms with van der Waals surface area (Å²) in [7, 11) is -3.60. The van der Waals surface area contributed by atoms with Crippen molar-refractivity contribution in [1.82, 2.24) is 14.6 Å². The number of nitrogens with zero attached hydrogens (tertiary/aromatic N) is 1. The number of unbranched alkanes of at least 4 members (excludes halogenated alkanes) is 4. The molecule has 1 aromatic carbocycles. The van der Waals surface area contributed by atoms with Crippen LogP contribution in [0.2, 0.25) is 0 Å². The molecule has 0 bridgehead atoms. The summed E-state index contributed by atoms with van der Waals surface area (Å²) in [5.41, 5.74) is 0.266. The zero-order chi connectivity index (χ0) is 20.9. The second-order valence-corrected chi connectivity index (χ2v) is 9.47. The Kier molecular flexibility index (Phi) is 7.08. The van der Waals surface area contributed by atoms with Gasteiger partial charge in [-0.1, -0.05) is 32.6 Å². The number of aromatic nitrogens is 1. The Hall–Kier alpha value is -2.19. The molecule has 0 unspecified atom stereocenters. The third kappa shape index (κ3) is 5.05. The van der Waals surface area contributed by atoms with E-state index in [9.17, 15) is 18.0 Å². The molecule has 3 rings (SSSR count). The van der Waals surface area contributed by atoms with Crippen LogP contribution in [0.25, 0.3) is 10.9 Å². The van der Waals surface area contributed by atoms with Gasteiger partial charge in [0.2, 0.25) is 15.6 Å². The highest BCUT2D eigenvalue weighted by molar-refractivity contribution is 7.89. The Bertz CT molecular complexity index is 1020. The number of nitrogens with one attached hydrogen (secondary N) is 2. The van der Waals surface area contributed by atoms with E-state index in [4.69, 9.17) is 0 Å². The van der Waals surface area contributed by atoms with Crippen molar-refractivity contribution in [1.29, 1.82) is 0 Å². The van der Waals surface area contributed by atoms with Crippen molar-refractivity contribution < 1.29 is 13.2 Å². The zero-order valence-corrected chi connectivity index (χ0v) is 17.7. The highest BCUT2D eigenvalue weighted by atomic mass is 32.2. The van der Waals surface area contributed by atoms with Crippen LogP contribution in [-0.4, -0.2) is 43.2 Å². The topological polar surface area (TPSA) is 99.3 Å². The molecule has 0 saturated carbocycles. The fourth-order valence-electron chi connectivity index (χ4n) is 3.68. The van der Waals surface area contributed by atoms with Gasteiger partial charge in [-0.25, -0.2) is 8.42 Å². The van der Waals surface area contributed by atoms with Crippen LogP contribution in [0.15, 0.2) is 34.0 Å². The number of carbonyl (C=O) groups excluding carboxylic acids is 1. The Labute approximate surface area is 171 Å². The molecular formula is C21H29N3O4S. The molecule has 1 aliphatic rings. The van der Waals surface area contributed by atoms with Gasteiger partial charge in [0.15, 0.2) is 0 Å². The number of sulfonamides is 1. The second-order valence-electron chi connectivity index (χ2n) is 7.54. The van der Waals surface area contributed by atoms with Gasteiger partial charge in [0, 0.05) is 36.6 Å². The summed E-state index contributed by atoms with van der Waals surface area (Å²) in [4.78, 5) is 27.5. The molecule has 1 fully saturated rings. The molecule has 1 amide bonds. The maximum atomic E-state index is 12.9. The minimum atomic E-state index is -3.60. The summed E-state index contributed by atoms with van der Waals surface area (Å²) in [6.07, 6.45) is 7.11. The molecule has 1 aromatic heterocycles. The number of benzene rings is 1. The van der Waals surface area contributed by atoms with Gasteiger partial charge in [0.1, 0.15) is 0 Å². The summed E-state index contributed by atoms with van der Waals surface area (Å²) < 4.78 is 27.2. The van der Waals surface area contributed by atoms with E-state index >= 15 is 0 Å². The number of aromatic amines is 1. The predicted molar refractivity (Wildman–Crippen MR) is 114 cm³/mol. The van der Waals surface area contributed by atoms with E-state index in [-0.39, 0.29) is 21.9 Å². The van der Waals surface area contributed by atoms with Crippen LogP contribution in [0.1, 0.15) is 62.2 Å². The average Bonchev–Trinajstić information content (AvgIpc) is 3.25. The van der Waals surface area contributed by atoms with E-state index in [0.29, 0.717) is 30.5 Å². The van der Waals surface area contributed by atoms with Crippen LogP contribution in [0.5, 0.6) is 0 Å². The summed E-state index contributed by atoms with van der Waals surface area (Å²) in [6.45, 7) is 3.70. The quantitative estimate of drug-likeness (QED) is 0.610. The first kappa shape index (κ1) is 21.5. The van der Waals surface area contributed by atoms with Gasteiger partial charge in [-0.3, -0.25) is 9.59 Å². The maximum absolute atomic E-state index is 12.9. The molecule has 8 heteroatoms. The summed E-state index contributed by atoms with van der Waals surface area (Å²) in [5, 5.41) is 3.30. The zero-order valence-electron chi connectivity index (χ0n) is 16.9. The van der Waals surface area contributed by atoms with Crippen LogP contribution in [0.4, 0.5) is 0 Å². The van der Waals surface area contributed by atoms with Crippen LogP contribution in [-0.2, 0) is 10.0 Å². The van der Waals surface area contributed by atoms with Gasteiger partial charge in [-0.2, -0.15) is 4.31 Å². The third-order valence-corrected chi connectivity index (χ3v) is 7.22. The first-order chi connectivity index (χ1) is 13.9. The fraction of sp³-hybridized carbons (Fsp3) is 0.524. The van der Waals surface area contributed by atoms with E-state index in [1.54, 1.807) is 6.07 Å². The lowest BCUT2D eigenvalue weighted by atomic mass is 10.1. The standard InChI is InChI=1S/C21H29N3O4S/c1-2-3-4-5-6-11-22-21(26)18-15-20(25)23-19-10-9-16(14-17(18)19)29(27,28)24-12-7-8-13-24/h9-10,14-15H,2-8,11-13H2,1H3,(H,22,26)(H,23,25). The molecule has 7 nitrogen and oxygen atoms in total. The molecule has 2 aromatic rings. The van der Waals surface area contributed by atoms with Crippen molar-refractivity contribution in [3.05, 3.63) is 40.2 Å². The average molecular weight is 420 g/mol. The Morgan fingerprint density at radius 3 is 2.55 bits per heavy atom. The van der Waals surface area contributed by atoms with Gasteiger partial charge in [-0.05, 0) is 37.5 Å². The number of pyridine rings is 1. The number of H-pyrrole nitrogens is 1. The van der Waals surface area contributed by atoms with Crippen LogP contribution < -0.4 is 10.9 Å². The molecule has 0 radical (unpaired) electrons. The normalized spacial score (nSPS) is 15.1.